The number of aliphatic hydroxyl groups is 1. The Bertz CT molecular complexity index is 147. The number of halogens is 1. The van der Waals surface area contributed by atoms with Crippen molar-refractivity contribution in [1.29, 1.82) is 0 Å². The van der Waals surface area contributed by atoms with E-state index in [-0.39, 0.29) is 0 Å². The molecule has 0 fully saturated rings. The van der Waals surface area contributed by atoms with Gasteiger partial charge in [-0.2, -0.15) is 0 Å². The van der Waals surface area contributed by atoms with Gasteiger partial charge in [-0.25, -0.2) is 0 Å². The molecule has 0 unspecified atom stereocenters. The number of hydrogen-bond acceptors (Lipinski definition) is 1. The molecule has 0 atom stereocenters. The van der Waals surface area contributed by atoms with E-state index in [1.54, 1.807) is 12.5 Å². The highest BCUT2D eigenvalue weighted by molar-refractivity contribution is 9.11. The Morgan fingerprint density at radius 1 is 1.62 bits per heavy atom. The van der Waals surface area contributed by atoms with Gasteiger partial charge in [0, 0.05) is 10.9 Å². The molecule has 0 aromatic carbocycles. The van der Waals surface area contributed by atoms with Crippen molar-refractivity contribution < 1.29 is 5.11 Å². The molecule has 0 saturated carbocycles. The van der Waals surface area contributed by atoms with Crippen molar-refractivity contribution in [3.63, 3.8) is 0 Å². The van der Waals surface area contributed by atoms with E-state index in [0.29, 0.717) is 5.76 Å². The summed E-state index contributed by atoms with van der Waals surface area (Å²) in [5.74, 6) is 0.347. The minimum absolute atomic E-state index is 0.347. The summed E-state index contributed by atoms with van der Waals surface area (Å²) in [6.07, 6.45) is 6.23. The van der Waals surface area contributed by atoms with Crippen molar-refractivity contribution in [2.45, 2.75) is 6.42 Å². The van der Waals surface area contributed by atoms with E-state index in [1.807, 2.05) is 6.08 Å². The topological polar surface area (TPSA) is 20.2 Å². The molecule has 1 aliphatic rings. The van der Waals surface area contributed by atoms with Crippen LogP contribution in [0.25, 0.3) is 0 Å². The number of hydrogen-bond donors (Lipinski definition) is 1. The summed E-state index contributed by atoms with van der Waals surface area (Å²) in [7, 11) is 0. The van der Waals surface area contributed by atoms with Gasteiger partial charge >= 0.3 is 0 Å². The van der Waals surface area contributed by atoms with Crippen molar-refractivity contribution in [1.82, 2.24) is 0 Å². The van der Waals surface area contributed by atoms with Gasteiger partial charge < -0.3 is 5.11 Å². The third-order valence-electron chi connectivity index (χ3n) is 0.926. The van der Waals surface area contributed by atoms with Gasteiger partial charge in [-0.15, -0.1) is 0 Å². The summed E-state index contributed by atoms with van der Waals surface area (Å²) in [6.45, 7) is 0. The second-order valence-corrected chi connectivity index (χ2v) is 2.51. The standard InChI is InChI=1S/C6H6BrO/c7-5-2-1-3-6(8)4-5/h2-4,8H,1H2. The quantitative estimate of drug-likeness (QED) is 0.597. The van der Waals surface area contributed by atoms with Gasteiger partial charge in [-0.3, -0.25) is 0 Å². The van der Waals surface area contributed by atoms with Gasteiger partial charge in [0.05, 0.1) is 5.76 Å². The highest BCUT2D eigenvalue weighted by Gasteiger charge is 1.99. The van der Waals surface area contributed by atoms with Crippen LogP contribution in [0.3, 0.4) is 0 Å². The molecular formula is C6H6BrO. The van der Waals surface area contributed by atoms with Gasteiger partial charge in [0.2, 0.25) is 0 Å². The maximum absolute atomic E-state index is 8.81. The largest absolute Gasteiger partial charge is 0.512 e. The Balaban J connectivity index is 2.69. The number of rotatable bonds is 0. The van der Waals surface area contributed by atoms with E-state index in [9.17, 15) is 0 Å². The first-order valence-corrected chi connectivity index (χ1v) is 3.18. The SMILES string of the molecule is OC1=CC(Br)=CC[CH]1. The first kappa shape index (κ1) is 5.89. The van der Waals surface area contributed by atoms with Gasteiger partial charge in [0.15, 0.2) is 0 Å². The van der Waals surface area contributed by atoms with Crippen LogP contribution in [0.5, 0.6) is 0 Å². The molecule has 0 heterocycles. The normalized spacial score (nSPS) is 19.6. The summed E-state index contributed by atoms with van der Waals surface area (Å²) in [5, 5.41) is 8.81. The first-order valence-electron chi connectivity index (χ1n) is 2.38. The van der Waals surface area contributed by atoms with Crippen molar-refractivity contribution in [3.05, 3.63) is 28.8 Å². The molecule has 1 N–H and O–H groups in total. The molecule has 0 amide bonds. The Hall–Kier alpha value is -0.240. The molecular weight excluding hydrogens is 168 g/mol. The fraction of sp³-hybridized carbons (Fsp3) is 0.167. The van der Waals surface area contributed by atoms with E-state index in [1.165, 1.54) is 0 Å². The molecule has 0 aromatic rings. The van der Waals surface area contributed by atoms with Crippen LogP contribution >= 0.6 is 15.9 Å². The van der Waals surface area contributed by atoms with Crippen LogP contribution in [-0.2, 0) is 0 Å². The lowest BCUT2D eigenvalue weighted by molar-refractivity contribution is 0.417. The zero-order valence-corrected chi connectivity index (χ0v) is 5.85. The van der Waals surface area contributed by atoms with Gasteiger partial charge in [0.1, 0.15) is 0 Å². The molecule has 43 valence electrons. The average molecular weight is 174 g/mol. The highest BCUT2D eigenvalue weighted by atomic mass is 79.9. The second-order valence-electron chi connectivity index (χ2n) is 1.60. The number of allylic oxidation sites excluding steroid dienone is 4. The molecule has 1 rings (SSSR count). The van der Waals surface area contributed by atoms with Crippen LogP contribution in [0.4, 0.5) is 0 Å². The zero-order chi connectivity index (χ0) is 5.98. The Labute approximate surface area is 56.8 Å². The van der Waals surface area contributed by atoms with Crippen molar-refractivity contribution >= 4 is 15.9 Å². The minimum atomic E-state index is 0.347. The predicted molar refractivity (Wildman–Crippen MR) is 36.6 cm³/mol. The molecule has 0 spiro atoms. The molecule has 8 heavy (non-hydrogen) atoms. The van der Waals surface area contributed by atoms with Gasteiger partial charge in [-0.1, -0.05) is 22.0 Å². The van der Waals surface area contributed by atoms with E-state index >= 15 is 0 Å². The Kier molecular flexibility index (Phi) is 1.73. The lowest BCUT2D eigenvalue weighted by Gasteiger charge is -2.01. The van der Waals surface area contributed by atoms with Crippen molar-refractivity contribution in [2.24, 2.45) is 0 Å². The van der Waals surface area contributed by atoms with E-state index < -0.39 is 0 Å². The van der Waals surface area contributed by atoms with Crippen molar-refractivity contribution in [2.75, 3.05) is 0 Å². The maximum Gasteiger partial charge on any atom is 0.0975 e. The monoisotopic (exact) mass is 173 g/mol. The second kappa shape index (κ2) is 2.35. The predicted octanol–water partition coefficient (Wildman–Crippen LogP) is 2.32. The molecule has 0 aliphatic heterocycles. The first-order chi connectivity index (χ1) is 3.79. The third kappa shape index (κ3) is 1.37. The summed E-state index contributed by atoms with van der Waals surface area (Å²) >= 11 is 3.23. The van der Waals surface area contributed by atoms with Crippen LogP contribution in [0.2, 0.25) is 0 Å². The molecule has 0 aromatic heterocycles. The van der Waals surface area contributed by atoms with Crippen molar-refractivity contribution in [3.8, 4) is 0 Å². The highest BCUT2D eigenvalue weighted by Crippen LogP contribution is 2.17. The summed E-state index contributed by atoms with van der Waals surface area (Å²) < 4.78 is 0.956. The Morgan fingerprint density at radius 2 is 2.38 bits per heavy atom. The Morgan fingerprint density at radius 3 is 2.75 bits per heavy atom. The molecule has 1 radical (unpaired) electrons. The summed E-state index contributed by atoms with van der Waals surface area (Å²) in [4.78, 5) is 0. The fourth-order valence-electron chi connectivity index (χ4n) is 0.551. The van der Waals surface area contributed by atoms with Gasteiger partial charge in [0.25, 0.3) is 0 Å². The summed E-state index contributed by atoms with van der Waals surface area (Å²) in [6, 6.07) is 0. The van der Waals surface area contributed by atoms with Crippen LogP contribution < -0.4 is 0 Å². The molecule has 0 saturated heterocycles. The fourth-order valence-corrected chi connectivity index (χ4v) is 0.973. The lowest BCUT2D eigenvalue weighted by Crippen LogP contribution is -1.86. The molecule has 2 heteroatoms. The van der Waals surface area contributed by atoms with Crippen LogP contribution in [0.1, 0.15) is 6.42 Å². The lowest BCUT2D eigenvalue weighted by atomic mass is 10.2. The molecule has 0 bridgehead atoms. The number of aliphatic hydroxyl groups excluding tert-OH is 1. The molecule has 1 nitrogen and oxygen atoms in total. The average Bonchev–Trinajstić information content (AvgIpc) is 1.64. The van der Waals surface area contributed by atoms with Gasteiger partial charge in [-0.05, 0) is 12.5 Å². The minimum Gasteiger partial charge on any atom is -0.512 e. The third-order valence-corrected chi connectivity index (χ3v) is 1.48. The van der Waals surface area contributed by atoms with Crippen LogP contribution in [0, 0.1) is 6.42 Å². The van der Waals surface area contributed by atoms with Crippen LogP contribution in [-0.4, -0.2) is 5.11 Å². The van der Waals surface area contributed by atoms with E-state index in [4.69, 9.17) is 5.11 Å². The maximum atomic E-state index is 8.81. The van der Waals surface area contributed by atoms with Crippen LogP contribution in [0.15, 0.2) is 22.4 Å². The smallest absolute Gasteiger partial charge is 0.0975 e. The zero-order valence-electron chi connectivity index (χ0n) is 4.26. The van der Waals surface area contributed by atoms with E-state index in [2.05, 4.69) is 15.9 Å². The molecule has 1 aliphatic carbocycles. The summed E-state index contributed by atoms with van der Waals surface area (Å²) in [5.41, 5.74) is 0. The van der Waals surface area contributed by atoms with E-state index in [0.717, 1.165) is 10.9 Å².